The van der Waals surface area contributed by atoms with Crippen molar-refractivity contribution in [3.63, 3.8) is 0 Å². The van der Waals surface area contributed by atoms with Gasteiger partial charge in [-0.25, -0.2) is 0 Å². The van der Waals surface area contributed by atoms with E-state index in [4.69, 9.17) is 15.2 Å². The standard InChI is InChI=1S/C17H26N2O2/c1-19(15-4-2-14(13-18)3-5-15)16-6-9-21-17(12-16)7-10-20-11-8-17/h2-5,16H,6-13,18H2,1H3. The summed E-state index contributed by atoms with van der Waals surface area (Å²) in [5, 5.41) is 0. The van der Waals surface area contributed by atoms with Crippen molar-refractivity contribution in [1.82, 2.24) is 0 Å². The van der Waals surface area contributed by atoms with Gasteiger partial charge in [-0.05, 0) is 43.4 Å². The summed E-state index contributed by atoms with van der Waals surface area (Å²) in [5.74, 6) is 0. The van der Waals surface area contributed by atoms with E-state index in [2.05, 4.69) is 36.2 Å². The average Bonchev–Trinajstić information content (AvgIpc) is 2.55. The van der Waals surface area contributed by atoms with Crippen molar-refractivity contribution < 1.29 is 9.47 Å². The Balaban J connectivity index is 1.69. The van der Waals surface area contributed by atoms with Crippen LogP contribution in [0.15, 0.2) is 24.3 Å². The first-order valence-corrected chi connectivity index (χ1v) is 7.96. The first kappa shape index (κ1) is 14.8. The Morgan fingerprint density at radius 2 is 1.90 bits per heavy atom. The molecular weight excluding hydrogens is 264 g/mol. The Morgan fingerprint density at radius 1 is 1.19 bits per heavy atom. The average molecular weight is 290 g/mol. The molecule has 2 heterocycles. The van der Waals surface area contributed by atoms with Crippen LogP contribution >= 0.6 is 0 Å². The number of ether oxygens (including phenoxy) is 2. The number of hydrogen-bond acceptors (Lipinski definition) is 4. The van der Waals surface area contributed by atoms with Gasteiger partial charge in [-0.1, -0.05) is 12.1 Å². The molecule has 1 atom stereocenters. The van der Waals surface area contributed by atoms with Crippen molar-refractivity contribution in [2.75, 3.05) is 31.8 Å². The van der Waals surface area contributed by atoms with Gasteiger partial charge in [-0.3, -0.25) is 0 Å². The monoisotopic (exact) mass is 290 g/mol. The van der Waals surface area contributed by atoms with Gasteiger partial charge in [0, 0.05) is 45.1 Å². The van der Waals surface area contributed by atoms with Crippen LogP contribution in [0.3, 0.4) is 0 Å². The highest BCUT2D eigenvalue weighted by atomic mass is 16.5. The molecule has 0 radical (unpaired) electrons. The van der Waals surface area contributed by atoms with Crippen LogP contribution in [0.2, 0.25) is 0 Å². The Kier molecular flexibility index (Phi) is 4.48. The number of rotatable bonds is 3. The van der Waals surface area contributed by atoms with Crippen LogP contribution in [-0.4, -0.2) is 38.5 Å². The molecule has 1 unspecified atom stereocenters. The molecule has 0 bridgehead atoms. The molecule has 4 heteroatoms. The Labute approximate surface area is 127 Å². The molecule has 0 aliphatic carbocycles. The van der Waals surface area contributed by atoms with Gasteiger partial charge in [0.1, 0.15) is 0 Å². The molecular formula is C17H26N2O2. The summed E-state index contributed by atoms with van der Waals surface area (Å²) >= 11 is 0. The number of nitrogens with two attached hydrogens (primary N) is 1. The Bertz CT molecular complexity index is 449. The van der Waals surface area contributed by atoms with Crippen molar-refractivity contribution in [3.8, 4) is 0 Å². The lowest BCUT2D eigenvalue weighted by Crippen LogP contribution is -2.50. The van der Waals surface area contributed by atoms with E-state index >= 15 is 0 Å². The van der Waals surface area contributed by atoms with Gasteiger partial charge in [0.2, 0.25) is 0 Å². The summed E-state index contributed by atoms with van der Waals surface area (Å²) in [7, 11) is 2.19. The van der Waals surface area contributed by atoms with E-state index in [-0.39, 0.29) is 5.60 Å². The summed E-state index contributed by atoms with van der Waals surface area (Å²) in [6.45, 7) is 3.13. The van der Waals surface area contributed by atoms with E-state index in [1.807, 2.05) is 0 Å². The van der Waals surface area contributed by atoms with Gasteiger partial charge in [0.25, 0.3) is 0 Å². The third kappa shape index (κ3) is 3.23. The van der Waals surface area contributed by atoms with E-state index in [1.165, 1.54) is 11.3 Å². The SMILES string of the molecule is CN(c1ccc(CN)cc1)C1CCOC2(CCOCC2)C1. The molecule has 2 aliphatic rings. The zero-order chi connectivity index (χ0) is 14.7. The predicted octanol–water partition coefficient (Wildman–Crippen LogP) is 2.31. The first-order chi connectivity index (χ1) is 10.2. The van der Waals surface area contributed by atoms with Gasteiger partial charge in [0.05, 0.1) is 5.60 Å². The van der Waals surface area contributed by atoms with Gasteiger partial charge in [-0.15, -0.1) is 0 Å². The molecule has 2 saturated heterocycles. The lowest BCUT2D eigenvalue weighted by molar-refractivity contribution is -0.137. The molecule has 0 aromatic heterocycles. The van der Waals surface area contributed by atoms with E-state index in [0.717, 1.165) is 45.5 Å². The van der Waals surface area contributed by atoms with Crippen molar-refractivity contribution in [1.29, 1.82) is 0 Å². The molecule has 116 valence electrons. The zero-order valence-electron chi connectivity index (χ0n) is 12.9. The third-order valence-corrected chi connectivity index (χ3v) is 5.00. The van der Waals surface area contributed by atoms with Gasteiger partial charge in [0.15, 0.2) is 0 Å². The number of benzene rings is 1. The minimum Gasteiger partial charge on any atom is -0.381 e. The van der Waals surface area contributed by atoms with Crippen molar-refractivity contribution in [2.45, 2.75) is 43.9 Å². The molecule has 2 fully saturated rings. The van der Waals surface area contributed by atoms with Gasteiger partial charge >= 0.3 is 0 Å². The summed E-state index contributed by atoms with van der Waals surface area (Å²) in [4.78, 5) is 2.40. The second-order valence-electron chi connectivity index (χ2n) is 6.27. The molecule has 1 aromatic carbocycles. The summed E-state index contributed by atoms with van der Waals surface area (Å²) < 4.78 is 11.6. The molecule has 0 amide bonds. The highest BCUT2D eigenvalue weighted by Crippen LogP contribution is 2.36. The second kappa shape index (κ2) is 6.34. The summed E-state index contributed by atoms with van der Waals surface area (Å²) in [5.41, 5.74) is 8.16. The lowest BCUT2D eigenvalue weighted by Gasteiger charge is -2.46. The minimum atomic E-state index is 0.0482. The molecule has 2 N–H and O–H groups in total. The minimum absolute atomic E-state index is 0.0482. The van der Waals surface area contributed by atoms with Crippen LogP contribution in [0.5, 0.6) is 0 Å². The zero-order valence-corrected chi connectivity index (χ0v) is 12.9. The van der Waals surface area contributed by atoms with E-state index in [1.54, 1.807) is 0 Å². The quantitative estimate of drug-likeness (QED) is 0.928. The largest absolute Gasteiger partial charge is 0.381 e. The molecule has 21 heavy (non-hydrogen) atoms. The fourth-order valence-electron chi connectivity index (χ4n) is 3.50. The lowest BCUT2D eigenvalue weighted by atomic mass is 9.83. The van der Waals surface area contributed by atoms with Crippen LogP contribution in [0.4, 0.5) is 5.69 Å². The van der Waals surface area contributed by atoms with Gasteiger partial charge < -0.3 is 20.1 Å². The predicted molar refractivity (Wildman–Crippen MR) is 84.5 cm³/mol. The number of hydrogen-bond donors (Lipinski definition) is 1. The molecule has 3 rings (SSSR count). The van der Waals surface area contributed by atoms with Crippen LogP contribution in [0, 0.1) is 0 Å². The normalized spacial score (nSPS) is 25.0. The third-order valence-electron chi connectivity index (χ3n) is 5.00. The number of nitrogens with zero attached hydrogens (tertiary/aromatic N) is 1. The maximum atomic E-state index is 6.14. The fourth-order valence-corrected chi connectivity index (χ4v) is 3.50. The van der Waals surface area contributed by atoms with E-state index in [0.29, 0.717) is 12.6 Å². The molecule has 2 aliphatic heterocycles. The van der Waals surface area contributed by atoms with E-state index < -0.39 is 0 Å². The molecule has 4 nitrogen and oxygen atoms in total. The maximum absolute atomic E-state index is 6.14. The summed E-state index contributed by atoms with van der Waals surface area (Å²) in [6, 6.07) is 9.13. The highest BCUT2D eigenvalue weighted by Gasteiger charge is 2.40. The van der Waals surface area contributed by atoms with Crippen LogP contribution in [0.1, 0.15) is 31.2 Å². The topological polar surface area (TPSA) is 47.7 Å². The summed E-state index contributed by atoms with van der Waals surface area (Å²) in [6.07, 6.45) is 4.26. The molecule has 1 spiro atoms. The molecule has 1 aromatic rings. The van der Waals surface area contributed by atoms with Crippen LogP contribution in [-0.2, 0) is 16.0 Å². The Morgan fingerprint density at radius 3 is 2.57 bits per heavy atom. The van der Waals surface area contributed by atoms with Crippen molar-refractivity contribution in [3.05, 3.63) is 29.8 Å². The van der Waals surface area contributed by atoms with Crippen LogP contribution in [0.25, 0.3) is 0 Å². The first-order valence-electron chi connectivity index (χ1n) is 7.96. The maximum Gasteiger partial charge on any atom is 0.0745 e. The number of anilines is 1. The van der Waals surface area contributed by atoms with Crippen molar-refractivity contribution in [2.24, 2.45) is 5.73 Å². The van der Waals surface area contributed by atoms with Crippen LogP contribution < -0.4 is 10.6 Å². The van der Waals surface area contributed by atoms with E-state index in [9.17, 15) is 0 Å². The van der Waals surface area contributed by atoms with Gasteiger partial charge in [-0.2, -0.15) is 0 Å². The highest BCUT2D eigenvalue weighted by molar-refractivity contribution is 5.48. The Hall–Kier alpha value is -1.10. The molecule has 0 saturated carbocycles. The fraction of sp³-hybridized carbons (Fsp3) is 0.647. The smallest absolute Gasteiger partial charge is 0.0745 e. The van der Waals surface area contributed by atoms with Crippen molar-refractivity contribution >= 4 is 5.69 Å². The second-order valence-corrected chi connectivity index (χ2v) is 6.27.